The molecule has 11 heteroatoms. The molecular weight excluding hydrogens is 506 g/mol. The number of imide groups is 1. The third kappa shape index (κ3) is 4.95. The van der Waals surface area contributed by atoms with Crippen LogP contribution in [-0.4, -0.2) is 45.4 Å². The number of nitrogens with zero attached hydrogens (tertiary/aromatic N) is 3. The molecule has 0 spiro atoms. The van der Waals surface area contributed by atoms with Gasteiger partial charge in [-0.05, 0) is 61.6 Å². The van der Waals surface area contributed by atoms with Crippen LogP contribution < -0.4 is 4.90 Å². The van der Waals surface area contributed by atoms with Gasteiger partial charge in [-0.3, -0.25) is 29.4 Å². The second kappa shape index (κ2) is 10.2. The van der Waals surface area contributed by atoms with E-state index in [4.69, 9.17) is 28.6 Å². The number of nitro groups is 1. The fourth-order valence-electron chi connectivity index (χ4n) is 3.70. The predicted molar refractivity (Wildman–Crippen MR) is 136 cm³/mol. The predicted octanol–water partition coefficient (Wildman–Crippen LogP) is 4.88. The van der Waals surface area contributed by atoms with Crippen LogP contribution in [0, 0.1) is 10.1 Å². The van der Waals surface area contributed by atoms with Gasteiger partial charge in [-0.1, -0.05) is 29.8 Å². The highest BCUT2D eigenvalue weighted by Gasteiger charge is 2.36. The van der Waals surface area contributed by atoms with Gasteiger partial charge in [-0.15, -0.1) is 0 Å². The van der Waals surface area contributed by atoms with Crippen LogP contribution in [0.2, 0.25) is 5.02 Å². The summed E-state index contributed by atoms with van der Waals surface area (Å²) in [6, 6.07) is 17.9. The Morgan fingerprint density at radius 2 is 1.67 bits per heavy atom. The molecule has 0 aliphatic carbocycles. The van der Waals surface area contributed by atoms with Crippen LogP contribution in [0.4, 0.5) is 11.4 Å². The number of hydrogen-bond donors (Lipinski definition) is 0. The minimum absolute atomic E-state index is 0.0121. The number of carbonyl (C=O) groups is 3. The summed E-state index contributed by atoms with van der Waals surface area (Å²) >= 11 is 11.4. The molecule has 1 aliphatic heterocycles. The van der Waals surface area contributed by atoms with Crippen LogP contribution in [0.1, 0.15) is 38.0 Å². The molecule has 3 amide bonds. The van der Waals surface area contributed by atoms with Gasteiger partial charge >= 0.3 is 0 Å². The Morgan fingerprint density at radius 3 is 2.25 bits per heavy atom. The van der Waals surface area contributed by atoms with E-state index < -0.39 is 28.7 Å². The molecule has 36 heavy (non-hydrogen) atoms. The monoisotopic (exact) mass is 523 g/mol. The number of ether oxygens (including phenoxy) is 1. The van der Waals surface area contributed by atoms with Crippen LogP contribution in [0.3, 0.4) is 0 Å². The Morgan fingerprint density at radius 1 is 1.06 bits per heavy atom. The van der Waals surface area contributed by atoms with Gasteiger partial charge in [0.15, 0.2) is 0 Å². The average molecular weight is 524 g/mol. The van der Waals surface area contributed by atoms with Crippen LogP contribution in [0.15, 0.2) is 72.8 Å². The van der Waals surface area contributed by atoms with Gasteiger partial charge in [0.1, 0.15) is 6.10 Å². The lowest BCUT2D eigenvalue weighted by Crippen LogP contribution is -2.42. The first-order chi connectivity index (χ1) is 17.2. The molecule has 1 heterocycles. The Kier molecular flexibility index (Phi) is 7.09. The number of carbonyl (C=O) groups excluding carboxylic acids is 3. The highest BCUT2D eigenvalue weighted by molar-refractivity contribution is 7.80. The van der Waals surface area contributed by atoms with Crippen molar-refractivity contribution in [2.24, 2.45) is 0 Å². The number of rotatable bonds is 6. The molecule has 0 fully saturated rings. The SMILES string of the molecule is CC(CN1C(=O)c2ccccc2C1=O)OC(=S)N(C(=O)c1cccc([N+](=O)[O-])c1)c1ccc(Cl)cc1. The number of nitro benzene ring substituents is 1. The van der Waals surface area contributed by atoms with Gasteiger partial charge in [0, 0.05) is 22.7 Å². The van der Waals surface area contributed by atoms with Crippen molar-refractivity contribution >= 4 is 58.1 Å². The molecule has 4 rings (SSSR count). The van der Waals surface area contributed by atoms with Crippen molar-refractivity contribution in [1.29, 1.82) is 0 Å². The van der Waals surface area contributed by atoms with Crippen molar-refractivity contribution < 1.29 is 24.0 Å². The van der Waals surface area contributed by atoms with Gasteiger partial charge in [0.2, 0.25) is 0 Å². The molecule has 3 aromatic rings. The molecule has 0 saturated heterocycles. The van der Waals surface area contributed by atoms with Gasteiger partial charge < -0.3 is 4.74 Å². The van der Waals surface area contributed by atoms with Crippen molar-refractivity contribution in [3.05, 3.63) is 105 Å². The average Bonchev–Trinajstić information content (AvgIpc) is 3.10. The summed E-state index contributed by atoms with van der Waals surface area (Å²) in [5.41, 5.74) is 0.677. The number of amides is 3. The minimum Gasteiger partial charge on any atom is -0.465 e. The normalized spacial score (nSPS) is 13.2. The highest BCUT2D eigenvalue weighted by Crippen LogP contribution is 2.25. The Bertz CT molecular complexity index is 1360. The number of benzene rings is 3. The van der Waals surface area contributed by atoms with E-state index in [1.165, 1.54) is 18.2 Å². The van der Waals surface area contributed by atoms with Gasteiger partial charge in [-0.25, -0.2) is 4.90 Å². The molecular formula is C25H18ClN3O6S. The van der Waals surface area contributed by atoms with E-state index in [9.17, 15) is 24.5 Å². The van der Waals surface area contributed by atoms with Gasteiger partial charge in [0.25, 0.3) is 28.6 Å². The van der Waals surface area contributed by atoms with Crippen LogP contribution in [-0.2, 0) is 4.74 Å². The van der Waals surface area contributed by atoms with E-state index >= 15 is 0 Å². The lowest BCUT2D eigenvalue weighted by Gasteiger charge is -2.27. The lowest BCUT2D eigenvalue weighted by atomic mass is 10.1. The maximum atomic E-state index is 13.4. The van der Waals surface area contributed by atoms with Crippen molar-refractivity contribution in [2.75, 3.05) is 11.4 Å². The minimum atomic E-state index is -0.771. The van der Waals surface area contributed by atoms with Crippen LogP contribution in [0.5, 0.6) is 0 Å². The fourth-order valence-corrected chi connectivity index (χ4v) is 4.18. The van der Waals surface area contributed by atoms with E-state index in [-0.39, 0.29) is 23.0 Å². The molecule has 1 unspecified atom stereocenters. The molecule has 9 nitrogen and oxygen atoms in total. The standard InChI is InChI=1S/C25H18ClN3O6S/c1-15(14-27-23(31)20-7-2-3-8-21(20)24(27)32)35-25(36)28(18-11-9-17(26)10-12-18)22(30)16-5-4-6-19(13-16)29(33)34/h2-13,15H,14H2,1H3. The summed E-state index contributed by atoms with van der Waals surface area (Å²) in [7, 11) is 0. The highest BCUT2D eigenvalue weighted by atomic mass is 35.5. The topological polar surface area (TPSA) is 110 Å². The van der Waals surface area contributed by atoms with Gasteiger partial charge in [-0.2, -0.15) is 0 Å². The van der Waals surface area contributed by atoms with Crippen LogP contribution in [0.25, 0.3) is 0 Å². The van der Waals surface area contributed by atoms with E-state index in [0.29, 0.717) is 21.8 Å². The summed E-state index contributed by atoms with van der Waals surface area (Å²) in [5.74, 6) is -1.56. The maximum Gasteiger partial charge on any atom is 0.271 e. The number of fused-ring (bicyclic) bond motifs is 1. The second-order valence-corrected chi connectivity index (χ2v) is 8.67. The third-order valence-electron chi connectivity index (χ3n) is 5.39. The Balaban J connectivity index is 1.57. The molecule has 1 aliphatic rings. The van der Waals surface area contributed by atoms with Crippen molar-refractivity contribution in [3.63, 3.8) is 0 Å². The number of hydrogen-bond acceptors (Lipinski definition) is 7. The fraction of sp³-hybridized carbons (Fsp3) is 0.120. The molecule has 0 bridgehead atoms. The number of halogens is 1. The molecule has 3 aromatic carbocycles. The molecule has 0 saturated carbocycles. The Hall–Kier alpha value is -4.15. The molecule has 1 atom stereocenters. The molecule has 0 aromatic heterocycles. The second-order valence-electron chi connectivity index (χ2n) is 7.89. The maximum absolute atomic E-state index is 13.4. The number of thiocarbonyl (C=S) groups is 1. The lowest BCUT2D eigenvalue weighted by molar-refractivity contribution is -0.384. The third-order valence-corrected chi connectivity index (χ3v) is 5.93. The first-order valence-electron chi connectivity index (χ1n) is 10.7. The summed E-state index contributed by atoms with van der Waals surface area (Å²) in [6.07, 6.45) is -0.771. The van der Waals surface area contributed by atoms with E-state index in [1.807, 2.05) is 0 Å². The zero-order chi connectivity index (χ0) is 26.0. The summed E-state index contributed by atoms with van der Waals surface area (Å²) < 4.78 is 5.80. The first kappa shape index (κ1) is 25.0. The van der Waals surface area contributed by atoms with Crippen molar-refractivity contribution in [3.8, 4) is 0 Å². The number of anilines is 1. The van der Waals surface area contributed by atoms with Crippen molar-refractivity contribution in [1.82, 2.24) is 4.90 Å². The zero-order valence-electron chi connectivity index (χ0n) is 18.8. The van der Waals surface area contributed by atoms with E-state index in [0.717, 1.165) is 15.9 Å². The first-order valence-corrected chi connectivity index (χ1v) is 11.5. The van der Waals surface area contributed by atoms with Crippen LogP contribution >= 0.6 is 23.8 Å². The molecule has 182 valence electrons. The molecule has 0 radical (unpaired) electrons. The summed E-state index contributed by atoms with van der Waals surface area (Å²) in [6.45, 7) is 1.50. The van der Waals surface area contributed by atoms with Gasteiger partial charge in [0.05, 0.1) is 28.3 Å². The van der Waals surface area contributed by atoms with E-state index in [1.54, 1.807) is 55.5 Å². The largest absolute Gasteiger partial charge is 0.465 e. The van der Waals surface area contributed by atoms with E-state index in [2.05, 4.69) is 0 Å². The summed E-state index contributed by atoms with van der Waals surface area (Å²) in [4.78, 5) is 51.5. The summed E-state index contributed by atoms with van der Waals surface area (Å²) in [5, 5.41) is 11.3. The molecule has 0 N–H and O–H groups in total. The quantitative estimate of drug-likeness (QED) is 0.196. The number of non-ortho nitro benzene ring substituents is 1. The smallest absolute Gasteiger partial charge is 0.271 e. The zero-order valence-corrected chi connectivity index (χ0v) is 20.4. The van der Waals surface area contributed by atoms with Crippen molar-refractivity contribution in [2.45, 2.75) is 13.0 Å². The Labute approximate surface area is 216 Å².